The molecule has 1 N–H and O–H groups in total. The average molecular weight is 225 g/mol. The molecule has 0 heterocycles. The van der Waals surface area contributed by atoms with E-state index in [9.17, 15) is 4.39 Å². The summed E-state index contributed by atoms with van der Waals surface area (Å²) in [5.41, 5.74) is 0.577. The molecule has 2 nitrogen and oxygen atoms in total. The lowest BCUT2D eigenvalue weighted by molar-refractivity contribution is 0.0848. The van der Waals surface area contributed by atoms with Gasteiger partial charge in [-0.15, -0.1) is 0 Å². The molecule has 1 aromatic carbocycles. The summed E-state index contributed by atoms with van der Waals surface area (Å²) in [6.45, 7) is 6.75. The van der Waals surface area contributed by atoms with Crippen LogP contribution in [0.4, 0.5) is 4.39 Å². The van der Waals surface area contributed by atoms with Crippen molar-refractivity contribution in [3.05, 3.63) is 29.6 Å². The molecule has 0 aromatic heterocycles. The molecule has 0 radical (unpaired) electrons. The summed E-state index contributed by atoms with van der Waals surface area (Å²) < 4.78 is 18.9. The van der Waals surface area contributed by atoms with Gasteiger partial charge < -0.3 is 10.1 Å². The lowest BCUT2D eigenvalue weighted by Gasteiger charge is -2.30. The molecule has 0 fully saturated rings. The number of likely N-dealkylation sites (N-methyl/N-ethyl adjacent to an activating group) is 1. The van der Waals surface area contributed by atoms with E-state index in [1.165, 1.54) is 12.1 Å². The van der Waals surface area contributed by atoms with Crippen LogP contribution in [0, 0.1) is 12.7 Å². The Morgan fingerprint density at radius 3 is 2.62 bits per heavy atom. The molecule has 0 aliphatic carbocycles. The molecular formula is C13H20FNO. The zero-order valence-electron chi connectivity index (χ0n) is 10.4. The third kappa shape index (κ3) is 3.20. The highest BCUT2D eigenvalue weighted by molar-refractivity contribution is 5.33. The minimum atomic E-state index is -0.253. The van der Waals surface area contributed by atoms with E-state index in [0.29, 0.717) is 0 Å². The van der Waals surface area contributed by atoms with Crippen molar-refractivity contribution in [2.75, 3.05) is 13.6 Å². The second-order valence-electron chi connectivity index (χ2n) is 4.35. The Kier molecular flexibility index (Phi) is 4.30. The Bertz CT molecular complexity index is 354. The highest BCUT2D eigenvalue weighted by Crippen LogP contribution is 2.25. The van der Waals surface area contributed by atoms with Crippen LogP contribution in [0.3, 0.4) is 0 Å². The first kappa shape index (κ1) is 13.0. The molecular weight excluding hydrogens is 205 g/mol. The number of hydrogen-bond donors (Lipinski definition) is 1. The zero-order chi connectivity index (χ0) is 12.2. The number of nitrogens with one attached hydrogen (secondary N) is 1. The van der Waals surface area contributed by atoms with E-state index in [1.807, 2.05) is 20.9 Å². The largest absolute Gasteiger partial charge is 0.486 e. The highest BCUT2D eigenvalue weighted by Gasteiger charge is 2.23. The normalized spacial score (nSPS) is 14.6. The number of hydrogen-bond acceptors (Lipinski definition) is 2. The average Bonchev–Trinajstić information content (AvgIpc) is 2.23. The van der Waals surface area contributed by atoms with E-state index in [2.05, 4.69) is 12.2 Å². The summed E-state index contributed by atoms with van der Waals surface area (Å²) in [6.07, 6.45) is 0.894. The fourth-order valence-electron chi connectivity index (χ4n) is 1.60. The molecule has 0 spiro atoms. The number of benzene rings is 1. The van der Waals surface area contributed by atoms with Gasteiger partial charge in [0.15, 0.2) is 0 Å². The first-order chi connectivity index (χ1) is 7.50. The third-order valence-corrected chi connectivity index (χ3v) is 2.79. The highest BCUT2D eigenvalue weighted by atomic mass is 19.1. The summed E-state index contributed by atoms with van der Waals surface area (Å²) in [5.74, 6) is 0.526. The van der Waals surface area contributed by atoms with E-state index < -0.39 is 0 Å². The van der Waals surface area contributed by atoms with Gasteiger partial charge in [-0.05, 0) is 51.1 Å². The van der Waals surface area contributed by atoms with E-state index in [4.69, 9.17) is 4.74 Å². The van der Waals surface area contributed by atoms with Crippen molar-refractivity contribution >= 4 is 0 Å². The summed E-state index contributed by atoms with van der Waals surface area (Å²) in [7, 11) is 1.90. The van der Waals surface area contributed by atoms with Crippen LogP contribution in [0.2, 0.25) is 0 Å². The van der Waals surface area contributed by atoms with Gasteiger partial charge in [-0.25, -0.2) is 4.39 Å². The lowest BCUT2D eigenvalue weighted by Crippen LogP contribution is -2.41. The maximum atomic E-state index is 12.9. The van der Waals surface area contributed by atoms with Crippen LogP contribution in [-0.4, -0.2) is 19.2 Å². The quantitative estimate of drug-likeness (QED) is 0.832. The molecule has 0 saturated carbocycles. The molecule has 1 rings (SSSR count). The predicted molar refractivity (Wildman–Crippen MR) is 64.4 cm³/mol. The maximum absolute atomic E-state index is 12.9. The molecule has 0 aliphatic rings. The summed E-state index contributed by atoms with van der Waals surface area (Å²) in [5, 5.41) is 3.11. The smallest absolute Gasteiger partial charge is 0.123 e. The third-order valence-electron chi connectivity index (χ3n) is 2.79. The molecule has 1 atom stereocenters. The van der Waals surface area contributed by atoms with Crippen molar-refractivity contribution in [3.63, 3.8) is 0 Å². The van der Waals surface area contributed by atoms with Crippen molar-refractivity contribution in [1.82, 2.24) is 5.32 Å². The standard InChI is InChI=1S/C13H20FNO/c1-5-13(3,9-15-4)16-12-7-6-11(14)8-10(12)2/h6-8,15H,5,9H2,1-4H3. The van der Waals surface area contributed by atoms with E-state index >= 15 is 0 Å². The van der Waals surface area contributed by atoms with Gasteiger partial charge in [-0.2, -0.15) is 0 Å². The summed E-state index contributed by atoms with van der Waals surface area (Å²) >= 11 is 0. The van der Waals surface area contributed by atoms with Gasteiger partial charge in [0, 0.05) is 6.54 Å². The van der Waals surface area contributed by atoms with Crippen LogP contribution in [0.5, 0.6) is 5.75 Å². The van der Waals surface area contributed by atoms with E-state index in [-0.39, 0.29) is 11.4 Å². The van der Waals surface area contributed by atoms with Gasteiger partial charge in [0.25, 0.3) is 0 Å². The van der Waals surface area contributed by atoms with Gasteiger partial charge in [0.05, 0.1) is 0 Å². The maximum Gasteiger partial charge on any atom is 0.123 e. The number of ether oxygens (including phenoxy) is 1. The Morgan fingerprint density at radius 1 is 1.44 bits per heavy atom. The van der Waals surface area contributed by atoms with E-state index in [1.54, 1.807) is 6.07 Å². The van der Waals surface area contributed by atoms with Crippen LogP contribution < -0.4 is 10.1 Å². The Morgan fingerprint density at radius 2 is 2.12 bits per heavy atom. The molecule has 0 amide bonds. The van der Waals surface area contributed by atoms with E-state index in [0.717, 1.165) is 24.3 Å². The lowest BCUT2D eigenvalue weighted by atomic mass is 10.0. The van der Waals surface area contributed by atoms with Crippen LogP contribution in [0.1, 0.15) is 25.8 Å². The molecule has 1 aromatic rings. The number of aryl methyl sites for hydroxylation is 1. The van der Waals surface area contributed by atoms with Gasteiger partial charge in [0.1, 0.15) is 17.2 Å². The Balaban J connectivity index is 2.85. The van der Waals surface area contributed by atoms with Crippen molar-refractivity contribution < 1.29 is 9.13 Å². The van der Waals surface area contributed by atoms with Gasteiger partial charge in [-0.1, -0.05) is 6.92 Å². The first-order valence-corrected chi connectivity index (χ1v) is 5.60. The van der Waals surface area contributed by atoms with Crippen molar-refractivity contribution in [2.45, 2.75) is 32.8 Å². The molecule has 0 saturated heterocycles. The van der Waals surface area contributed by atoms with Crippen LogP contribution >= 0.6 is 0 Å². The van der Waals surface area contributed by atoms with Gasteiger partial charge in [0.2, 0.25) is 0 Å². The Hall–Kier alpha value is -1.09. The van der Waals surface area contributed by atoms with Gasteiger partial charge >= 0.3 is 0 Å². The summed E-state index contributed by atoms with van der Waals surface area (Å²) in [6, 6.07) is 4.61. The van der Waals surface area contributed by atoms with Crippen LogP contribution in [0.15, 0.2) is 18.2 Å². The molecule has 0 aliphatic heterocycles. The molecule has 0 bridgehead atoms. The molecule has 16 heavy (non-hydrogen) atoms. The minimum Gasteiger partial charge on any atom is -0.486 e. The number of halogens is 1. The minimum absolute atomic E-state index is 0.225. The fourth-order valence-corrected chi connectivity index (χ4v) is 1.60. The SMILES string of the molecule is CCC(C)(CNC)Oc1ccc(F)cc1C. The zero-order valence-corrected chi connectivity index (χ0v) is 10.4. The second kappa shape index (κ2) is 5.30. The Labute approximate surface area is 96.8 Å². The fraction of sp³-hybridized carbons (Fsp3) is 0.538. The van der Waals surface area contributed by atoms with Crippen LogP contribution in [0.25, 0.3) is 0 Å². The van der Waals surface area contributed by atoms with Crippen molar-refractivity contribution in [2.24, 2.45) is 0 Å². The first-order valence-electron chi connectivity index (χ1n) is 5.60. The number of rotatable bonds is 5. The van der Waals surface area contributed by atoms with Gasteiger partial charge in [-0.3, -0.25) is 0 Å². The van der Waals surface area contributed by atoms with Crippen LogP contribution in [-0.2, 0) is 0 Å². The predicted octanol–water partition coefficient (Wildman–Crippen LogP) is 2.90. The monoisotopic (exact) mass is 225 g/mol. The summed E-state index contributed by atoms with van der Waals surface area (Å²) in [4.78, 5) is 0. The van der Waals surface area contributed by atoms with Crippen molar-refractivity contribution in [1.29, 1.82) is 0 Å². The molecule has 3 heteroatoms. The molecule has 1 unspecified atom stereocenters. The topological polar surface area (TPSA) is 21.3 Å². The second-order valence-corrected chi connectivity index (χ2v) is 4.35. The van der Waals surface area contributed by atoms with Crippen molar-refractivity contribution in [3.8, 4) is 5.75 Å². The molecule has 90 valence electrons.